The molecule has 0 atom stereocenters. The maximum atomic E-state index is 13.2. The van der Waals surface area contributed by atoms with Crippen LogP contribution in [-0.4, -0.2) is 59.0 Å². The topological polar surface area (TPSA) is 59.4 Å². The quantitative estimate of drug-likeness (QED) is 0.631. The van der Waals surface area contributed by atoms with Gasteiger partial charge in [0.05, 0.1) is 24.5 Å². The van der Waals surface area contributed by atoms with Crippen molar-refractivity contribution in [1.29, 1.82) is 0 Å². The van der Waals surface area contributed by atoms with Crippen LogP contribution in [0, 0.1) is 0 Å². The van der Waals surface area contributed by atoms with Crippen LogP contribution >= 0.6 is 11.6 Å². The number of aromatic nitrogens is 2. The molecule has 0 unspecified atom stereocenters. The summed E-state index contributed by atoms with van der Waals surface area (Å²) in [4.78, 5) is 15.6. The van der Waals surface area contributed by atoms with Gasteiger partial charge in [-0.3, -0.25) is 9.69 Å². The van der Waals surface area contributed by atoms with Gasteiger partial charge >= 0.3 is 0 Å². The number of para-hydroxylation sites is 1. The van der Waals surface area contributed by atoms with Gasteiger partial charge in [0, 0.05) is 42.0 Å². The number of morpholine rings is 1. The van der Waals surface area contributed by atoms with Crippen LogP contribution < -0.4 is 5.32 Å². The molecule has 1 aliphatic rings. The lowest BCUT2D eigenvalue weighted by Gasteiger charge is -2.40. The van der Waals surface area contributed by atoms with E-state index in [9.17, 15) is 4.79 Å². The molecule has 6 nitrogen and oxygen atoms in total. The fourth-order valence-electron chi connectivity index (χ4n) is 3.75. The van der Waals surface area contributed by atoms with Gasteiger partial charge in [-0.05, 0) is 38.1 Å². The van der Waals surface area contributed by atoms with E-state index in [0.29, 0.717) is 22.8 Å². The Bertz CT molecular complexity index is 1030. The van der Waals surface area contributed by atoms with Gasteiger partial charge < -0.3 is 10.1 Å². The van der Waals surface area contributed by atoms with Crippen molar-refractivity contribution < 1.29 is 9.53 Å². The van der Waals surface area contributed by atoms with Crippen LogP contribution in [0.5, 0.6) is 0 Å². The molecule has 1 fully saturated rings. The van der Waals surface area contributed by atoms with Gasteiger partial charge in [-0.1, -0.05) is 41.9 Å². The van der Waals surface area contributed by atoms with Gasteiger partial charge in [-0.15, -0.1) is 0 Å². The van der Waals surface area contributed by atoms with Crippen LogP contribution in [-0.2, 0) is 4.74 Å². The van der Waals surface area contributed by atoms with E-state index in [4.69, 9.17) is 21.4 Å². The lowest BCUT2D eigenvalue weighted by molar-refractivity contribution is -0.00923. The van der Waals surface area contributed by atoms with E-state index < -0.39 is 0 Å². The fourth-order valence-corrected chi connectivity index (χ4v) is 3.87. The van der Waals surface area contributed by atoms with Crippen LogP contribution in [0.3, 0.4) is 0 Å². The molecule has 0 spiro atoms. The van der Waals surface area contributed by atoms with Gasteiger partial charge in [0.1, 0.15) is 5.69 Å². The average Bonchev–Trinajstić information content (AvgIpc) is 3.25. The molecule has 0 saturated carbocycles. The Morgan fingerprint density at radius 2 is 1.77 bits per heavy atom. The van der Waals surface area contributed by atoms with Crippen molar-refractivity contribution in [2.75, 3.05) is 32.8 Å². The van der Waals surface area contributed by atoms with Crippen molar-refractivity contribution in [2.45, 2.75) is 19.4 Å². The third kappa shape index (κ3) is 4.98. The molecule has 0 bridgehead atoms. The number of rotatable bonds is 6. The average molecular weight is 439 g/mol. The molecule has 1 aromatic heterocycles. The largest absolute Gasteiger partial charge is 0.379 e. The zero-order chi connectivity index (χ0) is 21.8. The van der Waals surface area contributed by atoms with Gasteiger partial charge in [-0.2, -0.15) is 5.10 Å². The molecule has 2 aromatic carbocycles. The number of carbonyl (C=O) groups excluding carboxylic acids is 1. The van der Waals surface area contributed by atoms with E-state index >= 15 is 0 Å². The highest BCUT2D eigenvalue weighted by Crippen LogP contribution is 2.25. The molecule has 1 N–H and O–H groups in total. The molecule has 0 aliphatic carbocycles. The molecule has 1 saturated heterocycles. The Balaban J connectivity index is 1.60. The van der Waals surface area contributed by atoms with E-state index in [-0.39, 0.29) is 11.4 Å². The van der Waals surface area contributed by atoms with E-state index in [2.05, 4.69) is 24.1 Å². The van der Waals surface area contributed by atoms with E-state index in [0.717, 1.165) is 37.6 Å². The zero-order valence-corrected chi connectivity index (χ0v) is 18.6. The summed E-state index contributed by atoms with van der Waals surface area (Å²) in [6.45, 7) is 8.00. The second-order valence-electron chi connectivity index (χ2n) is 8.27. The van der Waals surface area contributed by atoms with Gasteiger partial charge in [0.25, 0.3) is 5.91 Å². The van der Waals surface area contributed by atoms with Gasteiger partial charge in [0.2, 0.25) is 0 Å². The molecule has 2 heterocycles. The van der Waals surface area contributed by atoms with Crippen LogP contribution in [0.25, 0.3) is 16.9 Å². The number of amides is 1. The fraction of sp³-hybridized carbons (Fsp3) is 0.333. The first-order valence-electron chi connectivity index (χ1n) is 10.5. The third-order valence-electron chi connectivity index (χ3n) is 5.65. The number of benzene rings is 2. The summed E-state index contributed by atoms with van der Waals surface area (Å²) in [6.07, 6.45) is 1.79. The Kier molecular flexibility index (Phi) is 6.41. The number of hydrogen-bond acceptors (Lipinski definition) is 4. The summed E-state index contributed by atoms with van der Waals surface area (Å²) in [7, 11) is 0. The Hall–Kier alpha value is -2.67. The summed E-state index contributed by atoms with van der Waals surface area (Å²) in [6, 6.07) is 17.2. The normalized spacial score (nSPS) is 15.1. The number of hydrogen-bond donors (Lipinski definition) is 1. The third-order valence-corrected chi connectivity index (χ3v) is 5.90. The Labute approximate surface area is 187 Å². The molecular weight excluding hydrogens is 412 g/mol. The second kappa shape index (κ2) is 9.22. The van der Waals surface area contributed by atoms with E-state index in [1.807, 2.05) is 54.6 Å². The van der Waals surface area contributed by atoms with Crippen molar-refractivity contribution in [3.8, 4) is 16.9 Å². The van der Waals surface area contributed by atoms with Gasteiger partial charge in [-0.25, -0.2) is 4.68 Å². The van der Waals surface area contributed by atoms with E-state index in [1.165, 1.54) is 0 Å². The smallest absolute Gasteiger partial charge is 0.255 e. The molecule has 162 valence electrons. The van der Waals surface area contributed by atoms with Crippen molar-refractivity contribution in [3.05, 3.63) is 71.4 Å². The molecule has 0 radical (unpaired) electrons. The summed E-state index contributed by atoms with van der Waals surface area (Å²) in [5.74, 6) is -0.145. The molecule has 31 heavy (non-hydrogen) atoms. The lowest BCUT2D eigenvalue weighted by Crippen LogP contribution is -2.55. The lowest BCUT2D eigenvalue weighted by atomic mass is 10.0. The van der Waals surface area contributed by atoms with Crippen LogP contribution in [0.15, 0.2) is 60.8 Å². The number of ether oxygens (including phenoxy) is 1. The first kappa shape index (κ1) is 21.6. The van der Waals surface area contributed by atoms with Crippen molar-refractivity contribution >= 4 is 17.5 Å². The van der Waals surface area contributed by atoms with Crippen LogP contribution in [0.4, 0.5) is 0 Å². The minimum absolute atomic E-state index is 0.145. The molecule has 1 aliphatic heterocycles. The predicted molar refractivity (Wildman–Crippen MR) is 123 cm³/mol. The summed E-state index contributed by atoms with van der Waals surface area (Å²) in [5, 5.41) is 8.49. The summed E-state index contributed by atoms with van der Waals surface area (Å²) < 4.78 is 7.20. The van der Waals surface area contributed by atoms with E-state index in [1.54, 1.807) is 10.9 Å². The number of halogens is 1. The SMILES string of the molecule is CC(C)(CNC(=O)c1cn(-c2ccccc2)nc1-c1ccc(Cl)cc1)N1CCOCC1. The highest BCUT2D eigenvalue weighted by molar-refractivity contribution is 6.30. The van der Waals surface area contributed by atoms with Crippen LogP contribution in [0.2, 0.25) is 5.02 Å². The summed E-state index contributed by atoms with van der Waals surface area (Å²) in [5.41, 5.74) is 2.73. The maximum Gasteiger partial charge on any atom is 0.255 e. The first-order chi connectivity index (χ1) is 14.9. The standard InChI is InChI=1S/C24H27ClN4O2/c1-24(2,28-12-14-31-15-13-28)17-26-23(30)21-16-29(20-6-4-3-5-7-20)27-22(21)18-8-10-19(25)11-9-18/h3-11,16H,12-15,17H2,1-2H3,(H,26,30). The second-order valence-corrected chi connectivity index (χ2v) is 8.71. The zero-order valence-electron chi connectivity index (χ0n) is 17.8. The van der Waals surface area contributed by atoms with Crippen molar-refractivity contribution in [2.24, 2.45) is 0 Å². The molecule has 4 rings (SSSR count). The maximum absolute atomic E-state index is 13.2. The van der Waals surface area contributed by atoms with Crippen LogP contribution in [0.1, 0.15) is 24.2 Å². The summed E-state index contributed by atoms with van der Waals surface area (Å²) >= 11 is 6.06. The highest BCUT2D eigenvalue weighted by atomic mass is 35.5. The van der Waals surface area contributed by atoms with Gasteiger partial charge in [0.15, 0.2) is 0 Å². The minimum atomic E-state index is -0.171. The molecular formula is C24H27ClN4O2. The molecule has 7 heteroatoms. The Morgan fingerprint density at radius 3 is 2.45 bits per heavy atom. The molecule has 3 aromatic rings. The highest BCUT2D eigenvalue weighted by Gasteiger charge is 2.29. The van der Waals surface area contributed by atoms with Crippen molar-refractivity contribution in [3.63, 3.8) is 0 Å². The predicted octanol–water partition coefficient (Wildman–Crippen LogP) is 4.03. The molecule has 1 amide bonds. The number of nitrogens with zero attached hydrogens (tertiary/aromatic N) is 3. The first-order valence-corrected chi connectivity index (χ1v) is 10.8. The van der Waals surface area contributed by atoms with Crippen molar-refractivity contribution in [1.82, 2.24) is 20.0 Å². The Morgan fingerprint density at radius 1 is 1.10 bits per heavy atom. The monoisotopic (exact) mass is 438 g/mol. The number of nitrogens with one attached hydrogen (secondary N) is 1. The minimum Gasteiger partial charge on any atom is -0.379 e. The number of carbonyl (C=O) groups is 1.